The molecule has 0 unspecified atom stereocenters. The smallest absolute Gasteiger partial charge is 0.0154 e. The van der Waals surface area contributed by atoms with Crippen LogP contribution in [0.4, 0.5) is 0 Å². The SMILES string of the molecule is CC(C)C.SCc1ccccc1. The van der Waals surface area contributed by atoms with E-state index in [2.05, 4.69) is 45.5 Å². The van der Waals surface area contributed by atoms with E-state index in [4.69, 9.17) is 0 Å². The molecule has 0 radical (unpaired) electrons. The summed E-state index contributed by atoms with van der Waals surface area (Å²) >= 11 is 4.11. The lowest BCUT2D eigenvalue weighted by atomic mass is 10.2. The molecule has 68 valence electrons. The molecule has 0 amide bonds. The lowest BCUT2D eigenvalue weighted by molar-refractivity contribution is 0.737. The first kappa shape index (κ1) is 11.6. The number of benzene rings is 1. The Kier molecular flexibility index (Phi) is 6.97. The van der Waals surface area contributed by atoms with E-state index in [1.807, 2.05) is 18.2 Å². The normalized spacial score (nSPS) is 9.08. The van der Waals surface area contributed by atoms with Crippen molar-refractivity contribution in [3.63, 3.8) is 0 Å². The second-order valence-electron chi connectivity index (χ2n) is 3.38. The summed E-state index contributed by atoms with van der Waals surface area (Å²) in [5.41, 5.74) is 1.27. The minimum absolute atomic E-state index is 0.833. The average Bonchev–Trinajstić information content (AvgIpc) is 2.05. The molecule has 0 aliphatic heterocycles. The van der Waals surface area contributed by atoms with Gasteiger partial charge in [0.15, 0.2) is 0 Å². The Hall–Kier alpha value is -0.430. The van der Waals surface area contributed by atoms with Crippen LogP contribution < -0.4 is 0 Å². The zero-order valence-corrected chi connectivity index (χ0v) is 9.01. The highest BCUT2D eigenvalue weighted by atomic mass is 32.1. The topological polar surface area (TPSA) is 0 Å². The molecule has 0 aliphatic rings. The maximum Gasteiger partial charge on any atom is 0.0154 e. The molecule has 1 aromatic rings. The molecule has 1 aromatic carbocycles. The molecule has 12 heavy (non-hydrogen) atoms. The van der Waals surface area contributed by atoms with Gasteiger partial charge >= 0.3 is 0 Å². The molecule has 0 aromatic heterocycles. The van der Waals surface area contributed by atoms with Gasteiger partial charge in [0, 0.05) is 5.75 Å². The molecule has 0 N–H and O–H groups in total. The Labute approximate surface area is 81.4 Å². The lowest BCUT2D eigenvalue weighted by Crippen LogP contribution is -1.71. The van der Waals surface area contributed by atoms with Crippen LogP contribution in [0.5, 0.6) is 0 Å². The molecular formula is C11H18S. The van der Waals surface area contributed by atoms with Crippen molar-refractivity contribution in [1.82, 2.24) is 0 Å². The van der Waals surface area contributed by atoms with Gasteiger partial charge in [-0.2, -0.15) is 12.6 Å². The number of rotatable bonds is 1. The van der Waals surface area contributed by atoms with Gasteiger partial charge in [-0.3, -0.25) is 0 Å². The molecule has 0 nitrogen and oxygen atoms in total. The van der Waals surface area contributed by atoms with Gasteiger partial charge in [-0.05, 0) is 11.5 Å². The highest BCUT2D eigenvalue weighted by Gasteiger charge is 1.80. The van der Waals surface area contributed by atoms with E-state index in [-0.39, 0.29) is 0 Å². The third kappa shape index (κ3) is 7.67. The minimum atomic E-state index is 0.833. The van der Waals surface area contributed by atoms with Gasteiger partial charge in [0.05, 0.1) is 0 Å². The van der Waals surface area contributed by atoms with Gasteiger partial charge in [-0.15, -0.1) is 0 Å². The predicted octanol–water partition coefficient (Wildman–Crippen LogP) is 3.78. The second kappa shape index (κ2) is 7.23. The molecule has 0 heterocycles. The highest BCUT2D eigenvalue weighted by molar-refractivity contribution is 7.79. The van der Waals surface area contributed by atoms with E-state index >= 15 is 0 Å². The summed E-state index contributed by atoms with van der Waals surface area (Å²) in [7, 11) is 0. The lowest BCUT2D eigenvalue weighted by Gasteiger charge is -1.89. The van der Waals surface area contributed by atoms with Crippen molar-refractivity contribution in [3.05, 3.63) is 35.9 Å². The largest absolute Gasteiger partial charge is 0.175 e. The zero-order chi connectivity index (χ0) is 9.40. The van der Waals surface area contributed by atoms with E-state index in [9.17, 15) is 0 Å². The molecule has 1 rings (SSSR count). The summed E-state index contributed by atoms with van der Waals surface area (Å²) in [6.07, 6.45) is 0. The Morgan fingerprint density at radius 1 is 1.08 bits per heavy atom. The number of thiol groups is 1. The number of hydrogen-bond acceptors (Lipinski definition) is 1. The Balaban J connectivity index is 0.000000261. The van der Waals surface area contributed by atoms with Gasteiger partial charge < -0.3 is 0 Å². The molecule has 0 saturated carbocycles. The van der Waals surface area contributed by atoms with Gasteiger partial charge in [0.1, 0.15) is 0 Å². The van der Waals surface area contributed by atoms with E-state index in [0.717, 1.165) is 11.7 Å². The highest BCUT2D eigenvalue weighted by Crippen LogP contribution is 2.00. The fourth-order valence-corrected chi connectivity index (χ4v) is 0.794. The Morgan fingerprint density at radius 3 is 1.75 bits per heavy atom. The predicted molar refractivity (Wildman–Crippen MR) is 59.6 cm³/mol. The molecule has 1 heteroatoms. The zero-order valence-electron chi connectivity index (χ0n) is 8.12. The molecule has 0 saturated heterocycles. The van der Waals surface area contributed by atoms with Crippen LogP contribution in [0.25, 0.3) is 0 Å². The first-order valence-corrected chi connectivity index (χ1v) is 4.94. The van der Waals surface area contributed by atoms with Crippen LogP contribution in [0.3, 0.4) is 0 Å². The van der Waals surface area contributed by atoms with Crippen molar-refractivity contribution in [2.24, 2.45) is 5.92 Å². The summed E-state index contributed by atoms with van der Waals surface area (Å²) in [6, 6.07) is 10.2. The fourth-order valence-electron chi connectivity index (χ4n) is 0.583. The third-order valence-corrected chi connectivity index (χ3v) is 1.39. The molecule has 0 aliphatic carbocycles. The molecule has 0 fully saturated rings. The Morgan fingerprint density at radius 2 is 1.50 bits per heavy atom. The summed E-state index contributed by atoms with van der Waals surface area (Å²) in [5.74, 6) is 1.67. The molecule has 0 spiro atoms. The van der Waals surface area contributed by atoms with Crippen molar-refractivity contribution < 1.29 is 0 Å². The molecule has 0 bridgehead atoms. The van der Waals surface area contributed by atoms with Crippen molar-refractivity contribution in [1.29, 1.82) is 0 Å². The standard InChI is InChI=1S/C7H8S.C4H10/c8-6-7-4-2-1-3-5-7;1-4(2)3/h1-5,8H,6H2;4H,1-3H3. The van der Waals surface area contributed by atoms with E-state index < -0.39 is 0 Å². The summed E-state index contributed by atoms with van der Waals surface area (Å²) in [6.45, 7) is 6.50. The Bertz CT molecular complexity index is 177. The van der Waals surface area contributed by atoms with Crippen LogP contribution in [0, 0.1) is 5.92 Å². The van der Waals surface area contributed by atoms with E-state index in [0.29, 0.717) is 0 Å². The van der Waals surface area contributed by atoms with Crippen LogP contribution in [0.15, 0.2) is 30.3 Å². The molecular weight excluding hydrogens is 164 g/mol. The summed E-state index contributed by atoms with van der Waals surface area (Å²) < 4.78 is 0. The summed E-state index contributed by atoms with van der Waals surface area (Å²) in [4.78, 5) is 0. The van der Waals surface area contributed by atoms with Crippen molar-refractivity contribution in [2.45, 2.75) is 26.5 Å². The van der Waals surface area contributed by atoms with Gasteiger partial charge in [-0.1, -0.05) is 51.1 Å². The van der Waals surface area contributed by atoms with Gasteiger partial charge in [0.25, 0.3) is 0 Å². The fraction of sp³-hybridized carbons (Fsp3) is 0.455. The van der Waals surface area contributed by atoms with E-state index in [1.54, 1.807) is 0 Å². The van der Waals surface area contributed by atoms with Crippen LogP contribution >= 0.6 is 12.6 Å². The minimum Gasteiger partial charge on any atom is -0.175 e. The second-order valence-corrected chi connectivity index (χ2v) is 3.69. The maximum atomic E-state index is 4.11. The monoisotopic (exact) mass is 182 g/mol. The first-order chi connectivity index (χ1) is 5.66. The van der Waals surface area contributed by atoms with Crippen molar-refractivity contribution in [2.75, 3.05) is 0 Å². The van der Waals surface area contributed by atoms with Gasteiger partial charge in [-0.25, -0.2) is 0 Å². The number of hydrogen-bond donors (Lipinski definition) is 1. The third-order valence-electron chi connectivity index (χ3n) is 1.03. The van der Waals surface area contributed by atoms with Crippen LogP contribution in [0.2, 0.25) is 0 Å². The van der Waals surface area contributed by atoms with Crippen LogP contribution in [-0.2, 0) is 5.75 Å². The van der Waals surface area contributed by atoms with Crippen LogP contribution in [0.1, 0.15) is 26.3 Å². The molecule has 0 atom stereocenters. The van der Waals surface area contributed by atoms with Crippen molar-refractivity contribution in [3.8, 4) is 0 Å². The van der Waals surface area contributed by atoms with E-state index in [1.165, 1.54) is 5.56 Å². The van der Waals surface area contributed by atoms with Crippen molar-refractivity contribution >= 4 is 12.6 Å². The average molecular weight is 182 g/mol. The van der Waals surface area contributed by atoms with Crippen LogP contribution in [-0.4, -0.2) is 0 Å². The maximum absolute atomic E-state index is 4.11. The first-order valence-electron chi connectivity index (χ1n) is 4.31. The van der Waals surface area contributed by atoms with Gasteiger partial charge in [0.2, 0.25) is 0 Å². The quantitative estimate of drug-likeness (QED) is 0.628. The summed E-state index contributed by atoms with van der Waals surface area (Å²) in [5, 5.41) is 0.